The lowest BCUT2D eigenvalue weighted by atomic mass is 10.1. The van der Waals surface area contributed by atoms with Crippen LogP contribution in [0.2, 0.25) is 0 Å². The maximum atomic E-state index is 12.2. The molecule has 0 bridgehead atoms. The van der Waals surface area contributed by atoms with E-state index in [1.165, 1.54) is 11.0 Å². The van der Waals surface area contributed by atoms with Crippen LogP contribution in [-0.2, 0) is 14.3 Å². The fraction of sp³-hybridized carbons (Fsp3) is 0.412. The minimum atomic E-state index is -0.386. The molecule has 0 aliphatic carbocycles. The molecule has 114 valence electrons. The summed E-state index contributed by atoms with van der Waals surface area (Å²) in [6, 6.07) is 7.80. The first-order valence-corrected chi connectivity index (χ1v) is 7.15. The van der Waals surface area contributed by atoms with Crippen molar-refractivity contribution in [1.82, 2.24) is 4.90 Å². The molecule has 0 radical (unpaired) electrons. The molecule has 0 heterocycles. The molecule has 0 aliphatic heterocycles. The van der Waals surface area contributed by atoms with E-state index in [0.29, 0.717) is 6.61 Å². The largest absolute Gasteiger partial charge is 0.465 e. The molecule has 0 spiro atoms. The fourth-order valence-corrected chi connectivity index (χ4v) is 1.90. The monoisotopic (exact) mass is 289 g/mol. The van der Waals surface area contributed by atoms with E-state index in [9.17, 15) is 9.59 Å². The Kier molecular flexibility index (Phi) is 6.66. The van der Waals surface area contributed by atoms with Crippen LogP contribution in [0.5, 0.6) is 0 Å². The molecule has 0 aliphatic rings. The third-order valence-corrected chi connectivity index (χ3v) is 2.97. The van der Waals surface area contributed by atoms with Gasteiger partial charge in [-0.05, 0) is 39.3 Å². The molecule has 0 fully saturated rings. The highest BCUT2D eigenvalue weighted by Crippen LogP contribution is 2.07. The van der Waals surface area contributed by atoms with Gasteiger partial charge in [0.25, 0.3) is 0 Å². The number of carbonyl (C=O) groups excluding carboxylic acids is 2. The molecule has 0 aromatic heterocycles. The zero-order chi connectivity index (χ0) is 15.8. The topological polar surface area (TPSA) is 46.6 Å². The SMILES string of the molecule is CCOC(=O)CN(C(=O)/C=C/c1cccc(C)c1)C(C)C. The molecule has 4 heteroatoms. The number of carbonyl (C=O) groups is 2. The van der Waals surface area contributed by atoms with Crippen LogP contribution in [0.1, 0.15) is 31.9 Å². The van der Waals surface area contributed by atoms with Gasteiger partial charge >= 0.3 is 5.97 Å². The van der Waals surface area contributed by atoms with Gasteiger partial charge in [0, 0.05) is 12.1 Å². The standard InChI is InChI=1S/C17H23NO3/c1-5-21-17(20)12-18(13(2)3)16(19)10-9-15-8-6-7-14(4)11-15/h6-11,13H,5,12H2,1-4H3/b10-9+. The molecule has 0 saturated heterocycles. The fourth-order valence-electron chi connectivity index (χ4n) is 1.90. The number of hydrogen-bond donors (Lipinski definition) is 0. The second-order valence-electron chi connectivity index (χ2n) is 5.11. The second-order valence-corrected chi connectivity index (χ2v) is 5.11. The van der Waals surface area contributed by atoms with Crippen molar-refractivity contribution in [1.29, 1.82) is 0 Å². The average Bonchev–Trinajstić information content (AvgIpc) is 2.42. The summed E-state index contributed by atoms with van der Waals surface area (Å²) in [6.45, 7) is 7.78. The van der Waals surface area contributed by atoms with E-state index in [2.05, 4.69) is 0 Å². The molecule has 0 atom stereocenters. The Bertz CT molecular complexity index is 521. The number of esters is 1. The van der Waals surface area contributed by atoms with E-state index in [1.54, 1.807) is 13.0 Å². The molecule has 1 aromatic carbocycles. The summed E-state index contributed by atoms with van der Waals surface area (Å²) >= 11 is 0. The quantitative estimate of drug-likeness (QED) is 0.597. The number of aryl methyl sites for hydroxylation is 1. The molecule has 21 heavy (non-hydrogen) atoms. The van der Waals surface area contributed by atoms with Gasteiger partial charge in [-0.2, -0.15) is 0 Å². The summed E-state index contributed by atoms with van der Waals surface area (Å²) in [4.78, 5) is 25.2. The number of ether oxygens (including phenoxy) is 1. The molecule has 1 rings (SSSR count). The van der Waals surface area contributed by atoms with Crippen molar-refractivity contribution < 1.29 is 14.3 Å². The Balaban J connectivity index is 2.75. The minimum Gasteiger partial charge on any atom is -0.465 e. The van der Waals surface area contributed by atoms with E-state index in [-0.39, 0.29) is 24.5 Å². The first kappa shape index (κ1) is 17.0. The first-order valence-electron chi connectivity index (χ1n) is 7.15. The zero-order valence-corrected chi connectivity index (χ0v) is 13.1. The van der Waals surface area contributed by atoms with Crippen molar-refractivity contribution in [3.8, 4) is 0 Å². The van der Waals surface area contributed by atoms with E-state index in [1.807, 2.05) is 45.0 Å². The van der Waals surface area contributed by atoms with Gasteiger partial charge in [-0.3, -0.25) is 9.59 Å². The molecular weight excluding hydrogens is 266 g/mol. The van der Waals surface area contributed by atoms with Crippen LogP contribution < -0.4 is 0 Å². The molecule has 0 saturated carbocycles. The minimum absolute atomic E-state index is 0.0253. The Morgan fingerprint density at radius 2 is 2.05 bits per heavy atom. The van der Waals surface area contributed by atoms with Crippen molar-refractivity contribution in [2.75, 3.05) is 13.2 Å². The van der Waals surface area contributed by atoms with Crippen molar-refractivity contribution in [3.63, 3.8) is 0 Å². The zero-order valence-electron chi connectivity index (χ0n) is 13.1. The lowest BCUT2D eigenvalue weighted by Gasteiger charge is -2.24. The van der Waals surface area contributed by atoms with E-state index >= 15 is 0 Å². The predicted octanol–water partition coefficient (Wildman–Crippen LogP) is 2.81. The number of rotatable bonds is 6. The average molecular weight is 289 g/mol. The van der Waals surface area contributed by atoms with Gasteiger partial charge in [-0.1, -0.05) is 29.8 Å². The van der Waals surface area contributed by atoms with Crippen molar-refractivity contribution in [2.45, 2.75) is 33.7 Å². The van der Waals surface area contributed by atoms with Crippen LogP contribution in [0.25, 0.3) is 6.08 Å². The lowest BCUT2D eigenvalue weighted by Crippen LogP contribution is -2.40. The van der Waals surface area contributed by atoms with Gasteiger partial charge in [0.2, 0.25) is 5.91 Å². The normalized spacial score (nSPS) is 10.9. The van der Waals surface area contributed by atoms with E-state index in [0.717, 1.165) is 11.1 Å². The van der Waals surface area contributed by atoms with E-state index in [4.69, 9.17) is 4.74 Å². The summed E-state index contributed by atoms with van der Waals surface area (Å²) < 4.78 is 4.89. The van der Waals surface area contributed by atoms with Gasteiger partial charge in [0.1, 0.15) is 6.54 Å². The van der Waals surface area contributed by atoms with E-state index < -0.39 is 0 Å². The van der Waals surface area contributed by atoms with Crippen LogP contribution in [-0.4, -0.2) is 36.0 Å². The molecular formula is C17H23NO3. The molecule has 4 nitrogen and oxygen atoms in total. The van der Waals surface area contributed by atoms with Crippen molar-refractivity contribution in [2.24, 2.45) is 0 Å². The van der Waals surface area contributed by atoms with Gasteiger partial charge < -0.3 is 9.64 Å². The third kappa shape index (κ3) is 5.81. The lowest BCUT2D eigenvalue weighted by molar-refractivity contribution is -0.148. The molecule has 1 aromatic rings. The molecule has 1 amide bonds. The summed E-state index contributed by atoms with van der Waals surface area (Å²) in [6.07, 6.45) is 3.25. The summed E-state index contributed by atoms with van der Waals surface area (Å²) in [5.74, 6) is -0.580. The summed E-state index contributed by atoms with van der Waals surface area (Å²) in [5, 5.41) is 0. The summed E-state index contributed by atoms with van der Waals surface area (Å²) in [7, 11) is 0. The van der Waals surface area contributed by atoms with Crippen LogP contribution in [0, 0.1) is 6.92 Å². The third-order valence-electron chi connectivity index (χ3n) is 2.97. The van der Waals surface area contributed by atoms with Gasteiger partial charge in [-0.15, -0.1) is 0 Å². The number of nitrogens with zero attached hydrogens (tertiary/aromatic N) is 1. The Hall–Kier alpha value is -2.10. The highest BCUT2D eigenvalue weighted by molar-refractivity contribution is 5.93. The first-order chi connectivity index (χ1) is 9.93. The Morgan fingerprint density at radius 3 is 2.62 bits per heavy atom. The molecule has 0 N–H and O–H groups in total. The highest BCUT2D eigenvalue weighted by atomic mass is 16.5. The maximum Gasteiger partial charge on any atom is 0.325 e. The van der Waals surface area contributed by atoms with Gasteiger partial charge in [0.05, 0.1) is 6.61 Å². The van der Waals surface area contributed by atoms with Crippen molar-refractivity contribution in [3.05, 3.63) is 41.5 Å². The second kappa shape index (κ2) is 8.25. The highest BCUT2D eigenvalue weighted by Gasteiger charge is 2.18. The number of amides is 1. The Labute approximate surface area is 126 Å². The summed E-state index contributed by atoms with van der Waals surface area (Å²) in [5.41, 5.74) is 2.10. The predicted molar refractivity (Wildman–Crippen MR) is 83.7 cm³/mol. The van der Waals surface area contributed by atoms with Gasteiger partial charge in [0.15, 0.2) is 0 Å². The van der Waals surface area contributed by atoms with Crippen LogP contribution >= 0.6 is 0 Å². The van der Waals surface area contributed by atoms with Crippen molar-refractivity contribution >= 4 is 18.0 Å². The van der Waals surface area contributed by atoms with Crippen LogP contribution in [0.15, 0.2) is 30.3 Å². The maximum absolute atomic E-state index is 12.2. The smallest absolute Gasteiger partial charge is 0.325 e. The number of benzene rings is 1. The Morgan fingerprint density at radius 1 is 1.33 bits per heavy atom. The molecule has 0 unspecified atom stereocenters. The van der Waals surface area contributed by atoms with Gasteiger partial charge in [-0.25, -0.2) is 0 Å². The number of hydrogen-bond acceptors (Lipinski definition) is 3. The van der Waals surface area contributed by atoms with Crippen LogP contribution in [0.4, 0.5) is 0 Å². The van der Waals surface area contributed by atoms with Crippen LogP contribution in [0.3, 0.4) is 0 Å².